The number of aliphatic hydroxyl groups is 1. The van der Waals surface area contributed by atoms with Gasteiger partial charge in [0.15, 0.2) is 5.76 Å². The van der Waals surface area contributed by atoms with Crippen LogP contribution in [0.15, 0.2) is 53.5 Å². The van der Waals surface area contributed by atoms with Crippen molar-refractivity contribution in [2.24, 2.45) is 0 Å². The van der Waals surface area contributed by atoms with Crippen molar-refractivity contribution >= 4 is 5.91 Å². The molecule has 0 aliphatic carbocycles. The minimum Gasteiger partial charge on any atom is -0.453 e. The lowest BCUT2D eigenvalue weighted by molar-refractivity contribution is 0.0666. The molecule has 1 fully saturated rings. The second-order valence-corrected chi connectivity index (χ2v) is 6.79. The first-order valence-electron chi connectivity index (χ1n) is 9.13. The number of furan rings is 1. The predicted molar refractivity (Wildman–Crippen MR) is 98.1 cm³/mol. The molecule has 140 valence electrons. The molecule has 1 N–H and O–H groups in total. The Morgan fingerprint density at radius 3 is 3.00 bits per heavy atom. The fraction of sp³-hybridized carbons (Fsp3) is 0.350. The first-order valence-corrected chi connectivity index (χ1v) is 9.13. The highest BCUT2D eigenvalue weighted by Crippen LogP contribution is 2.27. The van der Waals surface area contributed by atoms with Crippen LogP contribution in [0.25, 0.3) is 0 Å². The van der Waals surface area contributed by atoms with Crippen LogP contribution in [0.1, 0.15) is 46.5 Å². The normalized spacial score (nSPS) is 17.2. The van der Waals surface area contributed by atoms with Crippen molar-refractivity contribution in [3.8, 4) is 0 Å². The van der Waals surface area contributed by atoms with Gasteiger partial charge in [0, 0.05) is 43.8 Å². The van der Waals surface area contributed by atoms with Gasteiger partial charge in [0.2, 0.25) is 0 Å². The van der Waals surface area contributed by atoms with Crippen LogP contribution in [0.4, 0.5) is 0 Å². The van der Waals surface area contributed by atoms with E-state index in [0.717, 1.165) is 24.2 Å². The third-order valence-electron chi connectivity index (χ3n) is 4.93. The molecule has 0 unspecified atom stereocenters. The summed E-state index contributed by atoms with van der Waals surface area (Å²) in [5.41, 5.74) is 1.12. The molecule has 1 amide bonds. The Morgan fingerprint density at radius 2 is 2.22 bits per heavy atom. The van der Waals surface area contributed by atoms with Crippen molar-refractivity contribution in [2.75, 3.05) is 13.1 Å². The highest BCUT2D eigenvalue weighted by Gasteiger charge is 2.29. The molecule has 0 bridgehead atoms. The van der Waals surface area contributed by atoms with Gasteiger partial charge < -0.3 is 19.0 Å². The second-order valence-electron chi connectivity index (χ2n) is 6.79. The number of amides is 1. The molecule has 4 heterocycles. The van der Waals surface area contributed by atoms with Gasteiger partial charge in [0.05, 0.1) is 6.54 Å². The van der Waals surface area contributed by atoms with Gasteiger partial charge in [-0.2, -0.15) is 0 Å². The Labute approximate surface area is 157 Å². The zero-order chi connectivity index (χ0) is 18.6. The second kappa shape index (κ2) is 7.75. The molecule has 0 aromatic carbocycles. The smallest absolute Gasteiger partial charge is 0.289 e. The third-order valence-corrected chi connectivity index (χ3v) is 4.93. The molecule has 3 aromatic heterocycles. The zero-order valence-corrected chi connectivity index (χ0v) is 15.0. The summed E-state index contributed by atoms with van der Waals surface area (Å²) in [4.78, 5) is 23.3. The fourth-order valence-electron chi connectivity index (χ4n) is 3.61. The lowest BCUT2D eigenvalue weighted by Crippen LogP contribution is -2.39. The summed E-state index contributed by atoms with van der Waals surface area (Å²) >= 11 is 0. The maximum Gasteiger partial charge on any atom is 0.289 e. The van der Waals surface area contributed by atoms with Crippen LogP contribution in [0.5, 0.6) is 0 Å². The standard InChI is InChI=1S/C20H22N4O3/c25-14-17-5-6-18(27-17)20(26)24-9-2-4-16(13-24)19-22-8-10-23(19)12-15-3-1-7-21-11-15/h1,3,5-8,10-11,16,25H,2,4,9,12-14H2/t16-/m0/s1. The summed E-state index contributed by atoms with van der Waals surface area (Å²) in [5.74, 6) is 1.72. The Balaban J connectivity index is 1.49. The van der Waals surface area contributed by atoms with Gasteiger partial charge in [-0.25, -0.2) is 4.98 Å². The maximum atomic E-state index is 12.7. The SMILES string of the molecule is O=C(c1ccc(CO)o1)N1CCC[C@H](c2nccn2Cc2cccnc2)C1. The molecule has 0 saturated carbocycles. The van der Waals surface area contributed by atoms with Crippen molar-refractivity contribution in [1.82, 2.24) is 19.4 Å². The van der Waals surface area contributed by atoms with E-state index in [1.807, 2.05) is 35.6 Å². The van der Waals surface area contributed by atoms with Gasteiger partial charge in [-0.05, 0) is 36.6 Å². The fourth-order valence-corrected chi connectivity index (χ4v) is 3.61. The van der Waals surface area contributed by atoms with Crippen LogP contribution in [-0.4, -0.2) is 43.5 Å². The van der Waals surface area contributed by atoms with E-state index in [9.17, 15) is 4.79 Å². The monoisotopic (exact) mass is 366 g/mol. The van der Waals surface area contributed by atoms with Gasteiger partial charge >= 0.3 is 0 Å². The molecule has 1 aliphatic heterocycles. The number of pyridine rings is 1. The summed E-state index contributed by atoms with van der Waals surface area (Å²) in [7, 11) is 0. The van der Waals surface area contributed by atoms with Crippen LogP contribution in [-0.2, 0) is 13.2 Å². The molecule has 1 aliphatic rings. The van der Waals surface area contributed by atoms with Gasteiger partial charge in [0.1, 0.15) is 18.2 Å². The number of carbonyl (C=O) groups excluding carboxylic acids is 1. The number of hydrogen-bond donors (Lipinski definition) is 1. The molecule has 7 nitrogen and oxygen atoms in total. The maximum absolute atomic E-state index is 12.7. The van der Waals surface area contributed by atoms with Crippen molar-refractivity contribution in [3.05, 3.63) is 72.0 Å². The number of nitrogens with zero attached hydrogens (tertiary/aromatic N) is 4. The Kier molecular flexibility index (Phi) is 5.02. The minimum atomic E-state index is -0.207. The van der Waals surface area contributed by atoms with Crippen LogP contribution < -0.4 is 0 Å². The van der Waals surface area contributed by atoms with Crippen LogP contribution >= 0.6 is 0 Å². The number of likely N-dealkylation sites (tertiary alicyclic amines) is 1. The number of imidazole rings is 1. The van der Waals surface area contributed by atoms with E-state index < -0.39 is 0 Å². The number of aliphatic hydroxyl groups excluding tert-OH is 1. The van der Waals surface area contributed by atoms with E-state index in [0.29, 0.717) is 25.4 Å². The van der Waals surface area contributed by atoms with Gasteiger partial charge in [-0.15, -0.1) is 0 Å². The zero-order valence-electron chi connectivity index (χ0n) is 15.0. The van der Waals surface area contributed by atoms with Crippen LogP contribution in [0.2, 0.25) is 0 Å². The van der Waals surface area contributed by atoms with Crippen molar-refractivity contribution in [2.45, 2.75) is 31.9 Å². The summed E-state index contributed by atoms with van der Waals surface area (Å²) in [5, 5.41) is 9.13. The van der Waals surface area contributed by atoms with Gasteiger partial charge in [-0.3, -0.25) is 9.78 Å². The topological polar surface area (TPSA) is 84.4 Å². The summed E-state index contributed by atoms with van der Waals surface area (Å²) < 4.78 is 7.54. The number of hydrogen-bond acceptors (Lipinski definition) is 5. The Bertz CT molecular complexity index is 903. The quantitative estimate of drug-likeness (QED) is 0.750. The average molecular weight is 366 g/mol. The molecular formula is C20H22N4O3. The summed E-state index contributed by atoms with van der Waals surface area (Å²) in [6.45, 7) is 1.82. The molecule has 1 saturated heterocycles. The van der Waals surface area contributed by atoms with Gasteiger partial charge in [0.25, 0.3) is 5.91 Å². The van der Waals surface area contributed by atoms with Crippen LogP contribution in [0.3, 0.4) is 0 Å². The van der Waals surface area contributed by atoms with Crippen molar-refractivity contribution < 1.29 is 14.3 Å². The number of rotatable bonds is 5. The molecule has 0 radical (unpaired) electrons. The molecule has 0 spiro atoms. The molecule has 3 aromatic rings. The molecule has 27 heavy (non-hydrogen) atoms. The van der Waals surface area contributed by atoms with Crippen molar-refractivity contribution in [1.29, 1.82) is 0 Å². The van der Waals surface area contributed by atoms with E-state index in [1.54, 1.807) is 18.3 Å². The Hall–Kier alpha value is -2.93. The van der Waals surface area contributed by atoms with E-state index in [2.05, 4.69) is 14.5 Å². The predicted octanol–water partition coefficient (Wildman–Crippen LogP) is 2.43. The van der Waals surface area contributed by atoms with E-state index in [-0.39, 0.29) is 24.2 Å². The first-order chi connectivity index (χ1) is 13.2. The molecule has 1 atom stereocenters. The number of aromatic nitrogens is 3. The van der Waals surface area contributed by atoms with E-state index in [4.69, 9.17) is 9.52 Å². The number of carbonyl (C=O) groups is 1. The third kappa shape index (κ3) is 3.78. The average Bonchev–Trinajstić information content (AvgIpc) is 3.38. The largest absolute Gasteiger partial charge is 0.453 e. The number of piperidine rings is 1. The van der Waals surface area contributed by atoms with E-state index in [1.165, 1.54) is 0 Å². The van der Waals surface area contributed by atoms with Gasteiger partial charge in [-0.1, -0.05) is 6.07 Å². The Morgan fingerprint density at radius 1 is 1.30 bits per heavy atom. The highest BCUT2D eigenvalue weighted by atomic mass is 16.4. The highest BCUT2D eigenvalue weighted by molar-refractivity contribution is 5.91. The van der Waals surface area contributed by atoms with Crippen molar-refractivity contribution in [3.63, 3.8) is 0 Å². The summed E-state index contributed by atoms with van der Waals surface area (Å²) in [6, 6.07) is 7.23. The summed E-state index contributed by atoms with van der Waals surface area (Å²) in [6.07, 6.45) is 9.32. The van der Waals surface area contributed by atoms with E-state index >= 15 is 0 Å². The van der Waals surface area contributed by atoms with Crippen LogP contribution in [0, 0.1) is 0 Å². The molecular weight excluding hydrogens is 344 g/mol. The molecule has 7 heteroatoms. The minimum absolute atomic E-state index is 0.134. The lowest BCUT2D eigenvalue weighted by atomic mass is 9.96. The lowest BCUT2D eigenvalue weighted by Gasteiger charge is -2.32. The molecule has 4 rings (SSSR count). The first kappa shape index (κ1) is 17.5.